The minimum Gasteiger partial charge on any atom is -0.497 e. The Labute approximate surface area is 116 Å². The number of hydrogen-bond acceptors (Lipinski definition) is 3. The van der Waals surface area contributed by atoms with Gasteiger partial charge in [0.1, 0.15) is 5.75 Å². The summed E-state index contributed by atoms with van der Waals surface area (Å²) in [5.41, 5.74) is 9.10. The highest BCUT2D eigenvalue weighted by molar-refractivity contribution is 5.39. The summed E-state index contributed by atoms with van der Waals surface area (Å²) < 4.78 is 5.35. The molecule has 106 valence electrons. The van der Waals surface area contributed by atoms with Gasteiger partial charge in [-0.05, 0) is 62.5 Å². The molecule has 2 rings (SSSR count). The van der Waals surface area contributed by atoms with Gasteiger partial charge in [-0.1, -0.05) is 13.0 Å². The second kappa shape index (κ2) is 5.93. The number of fused-ring (bicyclic) bond motifs is 1. The Morgan fingerprint density at radius 1 is 1.37 bits per heavy atom. The molecule has 0 fully saturated rings. The predicted molar refractivity (Wildman–Crippen MR) is 79.7 cm³/mol. The number of ether oxygens (including phenoxy) is 1. The van der Waals surface area contributed by atoms with E-state index in [2.05, 4.69) is 37.1 Å². The van der Waals surface area contributed by atoms with E-state index in [1.165, 1.54) is 17.5 Å². The fraction of sp³-hybridized carbons (Fsp3) is 0.625. The number of nitrogens with two attached hydrogens (primary N) is 1. The maximum atomic E-state index is 6.12. The van der Waals surface area contributed by atoms with Crippen molar-refractivity contribution in [3.8, 4) is 5.75 Å². The molecule has 0 amide bonds. The zero-order valence-electron chi connectivity index (χ0n) is 12.4. The van der Waals surface area contributed by atoms with E-state index in [1.54, 1.807) is 7.11 Å². The Balaban J connectivity index is 2.27. The maximum absolute atomic E-state index is 6.12. The van der Waals surface area contributed by atoms with Crippen molar-refractivity contribution in [2.75, 3.05) is 27.2 Å². The van der Waals surface area contributed by atoms with Crippen molar-refractivity contribution in [3.05, 3.63) is 29.3 Å². The van der Waals surface area contributed by atoms with Gasteiger partial charge in [0, 0.05) is 12.1 Å². The van der Waals surface area contributed by atoms with E-state index in [-0.39, 0.29) is 5.54 Å². The summed E-state index contributed by atoms with van der Waals surface area (Å²) in [4.78, 5) is 2.45. The number of rotatable bonds is 5. The lowest BCUT2D eigenvalue weighted by Gasteiger charge is -2.44. The Bertz CT molecular complexity index is 433. The molecule has 0 aromatic heterocycles. The van der Waals surface area contributed by atoms with Crippen molar-refractivity contribution in [2.24, 2.45) is 5.73 Å². The standard InChI is InChI=1S/C16H26N2O/c1-4-9-18(2)16(12-17)8-7-13-5-6-15(19-3)10-14(13)11-16/h5-6,10H,4,7-9,11-12,17H2,1-3H3. The van der Waals surface area contributed by atoms with E-state index in [4.69, 9.17) is 10.5 Å². The summed E-state index contributed by atoms with van der Waals surface area (Å²) in [6.45, 7) is 4.05. The zero-order valence-corrected chi connectivity index (χ0v) is 12.4. The van der Waals surface area contributed by atoms with Crippen LogP contribution in [0.3, 0.4) is 0 Å². The number of hydrogen-bond donors (Lipinski definition) is 1. The van der Waals surface area contributed by atoms with E-state index < -0.39 is 0 Å². The molecule has 0 bridgehead atoms. The summed E-state index contributed by atoms with van der Waals surface area (Å²) in [6, 6.07) is 6.44. The van der Waals surface area contributed by atoms with Crippen LogP contribution in [0.4, 0.5) is 0 Å². The molecule has 19 heavy (non-hydrogen) atoms. The summed E-state index contributed by atoms with van der Waals surface area (Å²) in [5.74, 6) is 0.949. The van der Waals surface area contributed by atoms with Gasteiger partial charge in [0.15, 0.2) is 0 Å². The molecule has 2 N–H and O–H groups in total. The van der Waals surface area contributed by atoms with E-state index >= 15 is 0 Å². The van der Waals surface area contributed by atoms with E-state index in [0.717, 1.165) is 38.1 Å². The van der Waals surface area contributed by atoms with Crippen LogP contribution in [-0.4, -0.2) is 37.7 Å². The lowest BCUT2D eigenvalue weighted by molar-refractivity contribution is 0.109. The summed E-state index contributed by atoms with van der Waals surface area (Å²) in [7, 11) is 3.94. The quantitative estimate of drug-likeness (QED) is 0.884. The van der Waals surface area contributed by atoms with Gasteiger partial charge in [0.2, 0.25) is 0 Å². The van der Waals surface area contributed by atoms with Gasteiger partial charge in [-0.2, -0.15) is 0 Å². The van der Waals surface area contributed by atoms with Crippen molar-refractivity contribution in [1.29, 1.82) is 0 Å². The molecule has 1 unspecified atom stereocenters. The van der Waals surface area contributed by atoms with Crippen LogP contribution in [0.1, 0.15) is 30.9 Å². The minimum atomic E-state index is 0.120. The van der Waals surface area contributed by atoms with Crippen molar-refractivity contribution in [2.45, 2.75) is 38.1 Å². The highest BCUT2D eigenvalue weighted by Gasteiger charge is 2.36. The van der Waals surface area contributed by atoms with Gasteiger partial charge < -0.3 is 10.5 Å². The highest BCUT2D eigenvalue weighted by atomic mass is 16.5. The Morgan fingerprint density at radius 2 is 2.16 bits per heavy atom. The zero-order chi connectivity index (χ0) is 13.9. The van der Waals surface area contributed by atoms with Gasteiger partial charge in [-0.3, -0.25) is 4.90 Å². The molecule has 0 saturated heterocycles. The fourth-order valence-corrected chi connectivity index (χ4v) is 3.18. The molecular formula is C16H26N2O. The van der Waals surface area contributed by atoms with Crippen LogP contribution in [0, 0.1) is 0 Å². The molecule has 1 aliphatic rings. The molecular weight excluding hydrogens is 236 g/mol. The second-order valence-electron chi connectivity index (χ2n) is 5.66. The second-order valence-corrected chi connectivity index (χ2v) is 5.66. The van der Waals surface area contributed by atoms with Gasteiger partial charge in [0.25, 0.3) is 0 Å². The Hall–Kier alpha value is -1.06. The third kappa shape index (κ3) is 2.77. The topological polar surface area (TPSA) is 38.5 Å². The van der Waals surface area contributed by atoms with Gasteiger partial charge in [-0.15, -0.1) is 0 Å². The third-order valence-electron chi connectivity index (χ3n) is 4.54. The fourth-order valence-electron chi connectivity index (χ4n) is 3.18. The lowest BCUT2D eigenvalue weighted by Crippen LogP contribution is -2.55. The highest BCUT2D eigenvalue weighted by Crippen LogP contribution is 2.34. The first-order chi connectivity index (χ1) is 9.15. The molecule has 0 aliphatic heterocycles. The number of nitrogens with zero attached hydrogens (tertiary/aromatic N) is 1. The monoisotopic (exact) mass is 262 g/mol. The van der Waals surface area contributed by atoms with E-state index in [1.807, 2.05) is 0 Å². The molecule has 0 radical (unpaired) electrons. The molecule has 0 spiro atoms. The van der Waals surface area contributed by atoms with Crippen molar-refractivity contribution in [1.82, 2.24) is 4.90 Å². The number of benzene rings is 1. The lowest BCUT2D eigenvalue weighted by atomic mass is 9.76. The van der Waals surface area contributed by atoms with E-state index in [9.17, 15) is 0 Å². The SMILES string of the molecule is CCCN(C)C1(CN)CCc2ccc(OC)cc2C1. The Morgan fingerprint density at radius 3 is 2.79 bits per heavy atom. The van der Waals surface area contributed by atoms with Crippen LogP contribution >= 0.6 is 0 Å². The number of likely N-dealkylation sites (N-methyl/N-ethyl adjacent to an activating group) is 1. The molecule has 1 aromatic rings. The average Bonchev–Trinajstić information content (AvgIpc) is 2.46. The average molecular weight is 262 g/mol. The van der Waals surface area contributed by atoms with E-state index in [0.29, 0.717) is 0 Å². The molecule has 1 aliphatic carbocycles. The predicted octanol–water partition coefficient (Wildman–Crippen LogP) is 2.22. The number of methoxy groups -OCH3 is 1. The van der Waals surface area contributed by atoms with Crippen molar-refractivity contribution >= 4 is 0 Å². The smallest absolute Gasteiger partial charge is 0.119 e. The molecule has 0 heterocycles. The third-order valence-corrected chi connectivity index (χ3v) is 4.54. The van der Waals surface area contributed by atoms with Crippen LogP contribution in [0.15, 0.2) is 18.2 Å². The van der Waals surface area contributed by atoms with Crippen molar-refractivity contribution in [3.63, 3.8) is 0 Å². The van der Waals surface area contributed by atoms with Crippen LogP contribution in [0.5, 0.6) is 5.75 Å². The van der Waals surface area contributed by atoms with Crippen LogP contribution in [0.25, 0.3) is 0 Å². The van der Waals surface area contributed by atoms with Crippen LogP contribution < -0.4 is 10.5 Å². The van der Waals surface area contributed by atoms with Gasteiger partial charge in [-0.25, -0.2) is 0 Å². The van der Waals surface area contributed by atoms with Crippen LogP contribution in [0.2, 0.25) is 0 Å². The van der Waals surface area contributed by atoms with Crippen LogP contribution in [-0.2, 0) is 12.8 Å². The largest absolute Gasteiger partial charge is 0.497 e. The Kier molecular flexibility index (Phi) is 4.48. The minimum absolute atomic E-state index is 0.120. The van der Waals surface area contributed by atoms with Gasteiger partial charge >= 0.3 is 0 Å². The molecule has 3 heteroatoms. The summed E-state index contributed by atoms with van der Waals surface area (Å²) in [6.07, 6.45) is 4.47. The van der Waals surface area contributed by atoms with Crippen molar-refractivity contribution < 1.29 is 4.74 Å². The maximum Gasteiger partial charge on any atom is 0.119 e. The normalized spacial score (nSPS) is 22.4. The molecule has 0 saturated carbocycles. The molecule has 3 nitrogen and oxygen atoms in total. The number of aryl methyl sites for hydroxylation is 1. The summed E-state index contributed by atoms with van der Waals surface area (Å²) in [5, 5.41) is 0. The summed E-state index contributed by atoms with van der Waals surface area (Å²) >= 11 is 0. The molecule has 1 aromatic carbocycles. The molecule has 1 atom stereocenters. The first-order valence-corrected chi connectivity index (χ1v) is 7.22. The van der Waals surface area contributed by atoms with Gasteiger partial charge in [0.05, 0.1) is 7.11 Å². The first kappa shape index (κ1) is 14.4. The first-order valence-electron chi connectivity index (χ1n) is 7.22.